The molecule has 1 fully saturated rings. The van der Waals surface area contributed by atoms with Gasteiger partial charge in [-0.1, -0.05) is 6.92 Å². The number of carbonyl (C=O) groups is 1. The first kappa shape index (κ1) is 7.51. The third kappa shape index (κ3) is 1.13. The summed E-state index contributed by atoms with van der Waals surface area (Å²) in [4.78, 5) is 10.4. The zero-order valence-electron chi connectivity index (χ0n) is 5.88. The minimum Gasteiger partial charge on any atom is -0.481 e. The maximum Gasteiger partial charge on any atom is 0.309 e. The molecule has 58 valence electrons. The van der Waals surface area contributed by atoms with Crippen molar-refractivity contribution >= 4 is 5.97 Å². The molecule has 3 atom stereocenters. The Hall–Kier alpha value is -0.600. The lowest BCUT2D eigenvalue weighted by molar-refractivity contribution is -0.144. The molecule has 0 aliphatic heterocycles. The van der Waals surface area contributed by atoms with E-state index in [0.29, 0.717) is 12.8 Å². The van der Waals surface area contributed by atoms with Gasteiger partial charge in [-0.3, -0.25) is 4.79 Å². The fourth-order valence-corrected chi connectivity index (χ4v) is 1.54. The first-order valence-electron chi connectivity index (χ1n) is 3.50. The van der Waals surface area contributed by atoms with Gasteiger partial charge in [-0.2, -0.15) is 0 Å². The maximum absolute atomic E-state index is 12.7. The van der Waals surface area contributed by atoms with E-state index >= 15 is 0 Å². The van der Waals surface area contributed by atoms with E-state index in [2.05, 4.69) is 0 Å². The van der Waals surface area contributed by atoms with E-state index in [0.717, 1.165) is 0 Å². The molecule has 0 aromatic heterocycles. The third-order valence-electron chi connectivity index (χ3n) is 2.19. The molecule has 0 saturated heterocycles. The van der Waals surface area contributed by atoms with Crippen molar-refractivity contribution in [2.24, 2.45) is 11.8 Å². The molecule has 0 heterocycles. The van der Waals surface area contributed by atoms with Crippen molar-refractivity contribution in [1.29, 1.82) is 0 Å². The fourth-order valence-electron chi connectivity index (χ4n) is 1.54. The van der Waals surface area contributed by atoms with Gasteiger partial charge in [-0.25, -0.2) is 4.39 Å². The molecule has 2 nitrogen and oxygen atoms in total. The summed E-state index contributed by atoms with van der Waals surface area (Å²) in [6.45, 7) is 1.79. The molecule has 1 aliphatic rings. The smallest absolute Gasteiger partial charge is 0.309 e. The molecule has 0 radical (unpaired) electrons. The lowest BCUT2D eigenvalue weighted by Gasteiger charge is -2.10. The largest absolute Gasteiger partial charge is 0.481 e. The molecule has 0 aromatic rings. The molecule has 0 bridgehead atoms. The molecule has 1 aliphatic carbocycles. The van der Waals surface area contributed by atoms with Gasteiger partial charge in [0, 0.05) is 0 Å². The van der Waals surface area contributed by atoms with Crippen molar-refractivity contribution in [3.63, 3.8) is 0 Å². The first-order chi connectivity index (χ1) is 4.63. The molecule has 0 unspecified atom stereocenters. The number of hydrogen-bond donors (Lipinski definition) is 1. The predicted molar refractivity (Wildman–Crippen MR) is 34.4 cm³/mol. The van der Waals surface area contributed by atoms with E-state index in [1.165, 1.54) is 0 Å². The van der Waals surface area contributed by atoms with Gasteiger partial charge in [0.2, 0.25) is 0 Å². The van der Waals surface area contributed by atoms with E-state index in [4.69, 9.17) is 5.11 Å². The predicted octanol–water partition coefficient (Wildman–Crippen LogP) is 1.46. The van der Waals surface area contributed by atoms with Crippen LogP contribution in [0, 0.1) is 11.8 Å². The van der Waals surface area contributed by atoms with Crippen molar-refractivity contribution in [3.8, 4) is 0 Å². The standard InChI is InChI=1S/C7H11FO2/c1-4-2-3-5(8)6(4)7(9)10/h4-6H,2-3H2,1H3,(H,9,10)/t4-,5-,6-/m1/s1. The average Bonchev–Trinajstić information content (AvgIpc) is 2.11. The van der Waals surface area contributed by atoms with Crippen LogP contribution in [0.5, 0.6) is 0 Å². The molecule has 1 rings (SSSR count). The highest BCUT2D eigenvalue weighted by molar-refractivity contribution is 5.71. The van der Waals surface area contributed by atoms with Crippen LogP contribution >= 0.6 is 0 Å². The summed E-state index contributed by atoms with van der Waals surface area (Å²) in [6, 6.07) is 0. The Labute approximate surface area is 59.0 Å². The van der Waals surface area contributed by atoms with Crippen LogP contribution in [0.4, 0.5) is 4.39 Å². The molecule has 10 heavy (non-hydrogen) atoms. The van der Waals surface area contributed by atoms with Crippen molar-refractivity contribution < 1.29 is 14.3 Å². The Balaban J connectivity index is 2.63. The third-order valence-corrected chi connectivity index (χ3v) is 2.19. The summed E-state index contributed by atoms with van der Waals surface area (Å²) >= 11 is 0. The van der Waals surface area contributed by atoms with E-state index in [1.807, 2.05) is 0 Å². The second-order valence-corrected chi connectivity index (χ2v) is 2.93. The Kier molecular flexibility index (Phi) is 1.92. The number of aliphatic carboxylic acids is 1. The summed E-state index contributed by atoms with van der Waals surface area (Å²) in [5.41, 5.74) is 0. The summed E-state index contributed by atoms with van der Waals surface area (Å²) in [7, 11) is 0. The van der Waals surface area contributed by atoms with E-state index in [-0.39, 0.29) is 5.92 Å². The van der Waals surface area contributed by atoms with Gasteiger partial charge in [0.25, 0.3) is 0 Å². The van der Waals surface area contributed by atoms with Crippen LogP contribution in [-0.4, -0.2) is 17.2 Å². The van der Waals surface area contributed by atoms with Gasteiger partial charge in [0.05, 0.1) is 5.92 Å². The highest BCUT2D eigenvalue weighted by Gasteiger charge is 2.38. The van der Waals surface area contributed by atoms with Gasteiger partial charge in [0.15, 0.2) is 0 Å². The van der Waals surface area contributed by atoms with Gasteiger partial charge in [-0.05, 0) is 18.8 Å². The van der Waals surface area contributed by atoms with Crippen LogP contribution < -0.4 is 0 Å². The molecule has 0 amide bonds. The monoisotopic (exact) mass is 146 g/mol. The van der Waals surface area contributed by atoms with Crippen LogP contribution in [0.2, 0.25) is 0 Å². The minimum atomic E-state index is -1.12. The Morgan fingerprint density at radius 1 is 1.60 bits per heavy atom. The maximum atomic E-state index is 12.7. The first-order valence-corrected chi connectivity index (χ1v) is 3.50. The Bertz CT molecular complexity index is 137. The Morgan fingerprint density at radius 2 is 2.20 bits per heavy atom. The highest BCUT2D eigenvalue weighted by Crippen LogP contribution is 2.33. The van der Waals surface area contributed by atoms with Gasteiger partial charge >= 0.3 is 5.97 Å². The van der Waals surface area contributed by atoms with Crippen LogP contribution in [0.25, 0.3) is 0 Å². The summed E-state index contributed by atoms with van der Waals surface area (Å²) in [5.74, 6) is -1.73. The molecule has 3 heteroatoms. The number of alkyl halides is 1. The topological polar surface area (TPSA) is 37.3 Å². The van der Waals surface area contributed by atoms with Crippen LogP contribution in [0.15, 0.2) is 0 Å². The molecular weight excluding hydrogens is 135 g/mol. The second kappa shape index (κ2) is 2.56. The zero-order valence-corrected chi connectivity index (χ0v) is 5.88. The van der Waals surface area contributed by atoms with Crippen LogP contribution in [0.1, 0.15) is 19.8 Å². The van der Waals surface area contributed by atoms with Crippen LogP contribution in [-0.2, 0) is 4.79 Å². The van der Waals surface area contributed by atoms with Crippen LogP contribution in [0.3, 0.4) is 0 Å². The number of carboxylic acid groups (broad SMARTS) is 1. The summed E-state index contributed by atoms with van der Waals surface area (Å²) < 4.78 is 12.7. The summed E-state index contributed by atoms with van der Waals surface area (Å²) in [6.07, 6.45) is 0.00324. The van der Waals surface area contributed by atoms with Gasteiger partial charge in [-0.15, -0.1) is 0 Å². The summed E-state index contributed by atoms with van der Waals surface area (Å²) in [5, 5.41) is 8.51. The van der Waals surface area contributed by atoms with Crippen molar-refractivity contribution in [3.05, 3.63) is 0 Å². The van der Waals surface area contributed by atoms with Crippen molar-refractivity contribution in [1.82, 2.24) is 0 Å². The second-order valence-electron chi connectivity index (χ2n) is 2.93. The zero-order chi connectivity index (χ0) is 7.72. The highest BCUT2D eigenvalue weighted by atomic mass is 19.1. The van der Waals surface area contributed by atoms with Crippen molar-refractivity contribution in [2.75, 3.05) is 0 Å². The van der Waals surface area contributed by atoms with E-state index < -0.39 is 18.1 Å². The molecule has 0 spiro atoms. The number of rotatable bonds is 1. The van der Waals surface area contributed by atoms with Crippen molar-refractivity contribution in [2.45, 2.75) is 25.9 Å². The Morgan fingerprint density at radius 3 is 2.40 bits per heavy atom. The fraction of sp³-hybridized carbons (Fsp3) is 0.857. The number of hydrogen-bond acceptors (Lipinski definition) is 1. The minimum absolute atomic E-state index is 0.00694. The lowest BCUT2D eigenvalue weighted by atomic mass is 9.98. The quantitative estimate of drug-likeness (QED) is 0.608. The lowest BCUT2D eigenvalue weighted by Crippen LogP contribution is -2.23. The van der Waals surface area contributed by atoms with Gasteiger partial charge < -0.3 is 5.11 Å². The van der Waals surface area contributed by atoms with E-state index in [1.54, 1.807) is 6.92 Å². The van der Waals surface area contributed by atoms with E-state index in [9.17, 15) is 9.18 Å². The molecule has 1 N–H and O–H groups in total. The molecular formula is C7H11FO2. The van der Waals surface area contributed by atoms with Gasteiger partial charge in [0.1, 0.15) is 6.17 Å². The SMILES string of the molecule is C[C@@H]1CC[C@@H](F)[C@@H]1C(=O)O. The number of carboxylic acids is 1. The number of halogens is 1. The average molecular weight is 146 g/mol. The molecule has 0 aromatic carbocycles. The normalized spacial score (nSPS) is 40.0. The molecule has 1 saturated carbocycles.